The number of aryl methyl sites for hydroxylation is 1. The molecular formula is C29H36N6O. The number of hydrogen-bond acceptors (Lipinski definition) is 5. The molecule has 0 spiro atoms. The van der Waals surface area contributed by atoms with Crippen LogP contribution < -0.4 is 10.5 Å². The number of imidazole rings is 1. The SMILES string of the molecule is C=CC/C(C(=C)N1CCOc2ccc(-c3ccc4nc(C)[nH]c4c3)cc2C1)=C(\C)N=C(N)CN(C)C. The van der Waals surface area contributed by atoms with Crippen LogP contribution in [0.4, 0.5) is 0 Å². The second-order valence-electron chi connectivity index (χ2n) is 9.49. The molecular weight excluding hydrogens is 448 g/mol. The fourth-order valence-electron chi connectivity index (χ4n) is 4.57. The molecule has 0 aliphatic carbocycles. The van der Waals surface area contributed by atoms with Gasteiger partial charge in [-0.15, -0.1) is 6.58 Å². The first-order valence-electron chi connectivity index (χ1n) is 12.2. The summed E-state index contributed by atoms with van der Waals surface area (Å²) in [5.74, 6) is 2.40. The number of hydrogen-bond donors (Lipinski definition) is 2. The van der Waals surface area contributed by atoms with Crippen LogP contribution in [0, 0.1) is 6.92 Å². The third kappa shape index (κ3) is 5.69. The van der Waals surface area contributed by atoms with E-state index in [0.29, 0.717) is 32.0 Å². The molecule has 2 aromatic carbocycles. The van der Waals surface area contributed by atoms with Gasteiger partial charge in [-0.1, -0.05) is 24.8 Å². The highest BCUT2D eigenvalue weighted by Crippen LogP contribution is 2.33. The van der Waals surface area contributed by atoms with Crippen molar-refractivity contribution in [2.75, 3.05) is 33.8 Å². The number of nitrogens with two attached hydrogens (primary N) is 1. The molecule has 0 amide bonds. The number of aromatic amines is 1. The highest BCUT2D eigenvalue weighted by Gasteiger charge is 2.20. The number of fused-ring (bicyclic) bond motifs is 2. The number of likely N-dealkylation sites (N-methyl/N-ethyl adjacent to an activating group) is 1. The maximum Gasteiger partial charge on any atom is 0.124 e. The van der Waals surface area contributed by atoms with Gasteiger partial charge in [0.25, 0.3) is 0 Å². The monoisotopic (exact) mass is 484 g/mol. The van der Waals surface area contributed by atoms with Crippen molar-refractivity contribution in [1.29, 1.82) is 0 Å². The Bertz CT molecular complexity index is 1350. The molecule has 0 atom stereocenters. The fraction of sp³-hybridized carbons (Fsp3) is 0.310. The minimum absolute atomic E-state index is 0.575. The van der Waals surface area contributed by atoms with Crippen molar-refractivity contribution in [2.24, 2.45) is 10.7 Å². The van der Waals surface area contributed by atoms with Crippen LogP contribution in [0.25, 0.3) is 22.2 Å². The molecule has 3 aromatic rings. The largest absolute Gasteiger partial charge is 0.491 e. The van der Waals surface area contributed by atoms with Crippen molar-refractivity contribution in [2.45, 2.75) is 26.8 Å². The van der Waals surface area contributed by atoms with E-state index < -0.39 is 0 Å². The summed E-state index contributed by atoms with van der Waals surface area (Å²) in [4.78, 5) is 16.8. The van der Waals surface area contributed by atoms with E-state index in [2.05, 4.69) is 69.4 Å². The van der Waals surface area contributed by atoms with Gasteiger partial charge in [-0.2, -0.15) is 0 Å². The molecule has 1 aromatic heterocycles. The van der Waals surface area contributed by atoms with Crippen molar-refractivity contribution in [1.82, 2.24) is 19.8 Å². The highest BCUT2D eigenvalue weighted by molar-refractivity contribution is 5.83. The van der Waals surface area contributed by atoms with Crippen molar-refractivity contribution in [3.8, 4) is 16.9 Å². The first-order chi connectivity index (χ1) is 17.2. The zero-order chi connectivity index (χ0) is 25.8. The van der Waals surface area contributed by atoms with Gasteiger partial charge in [0.2, 0.25) is 0 Å². The van der Waals surface area contributed by atoms with Crippen LogP contribution in [-0.4, -0.2) is 59.4 Å². The number of aliphatic imine (C=N–C) groups is 1. The predicted octanol–water partition coefficient (Wildman–Crippen LogP) is 5.02. The molecule has 4 rings (SSSR count). The molecule has 0 unspecified atom stereocenters. The lowest BCUT2D eigenvalue weighted by atomic mass is 10.0. The minimum atomic E-state index is 0.575. The number of allylic oxidation sites excluding steroid dienone is 3. The number of amidine groups is 1. The number of aromatic nitrogens is 2. The molecule has 2 heterocycles. The third-order valence-electron chi connectivity index (χ3n) is 6.28. The van der Waals surface area contributed by atoms with E-state index >= 15 is 0 Å². The predicted molar refractivity (Wildman–Crippen MR) is 149 cm³/mol. The maximum atomic E-state index is 6.16. The molecule has 1 aliphatic heterocycles. The topological polar surface area (TPSA) is 82.8 Å². The summed E-state index contributed by atoms with van der Waals surface area (Å²) in [6.45, 7) is 15.0. The average Bonchev–Trinajstić information content (AvgIpc) is 3.06. The van der Waals surface area contributed by atoms with E-state index in [9.17, 15) is 0 Å². The Balaban J connectivity index is 1.63. The lowest BCUT2D eigenvalue weighted by molar-refractivity contribution is 0.266. The van der Waals surface area contributed by atoms with Gasteiger partial charge in [-0.25, -0.2) is 9.98 Å². The van der Waals surface area contributed by atoms with Crippen LogP contribution in [0.15, 0.2) is 77.6 Å². The van der Waals surface area contributed by atoms with Crippen LogP contribution in [0.5, 0.6) is 5.75 Å². The molecule has 188 valence electrons. The minimum Gasteiger partial charge on any atom is -0.491 e. The van der Waals surface area contributed by atoms with Crippen LogP contribution >= 0.6 is 0 Å². The zero-order valence-electron chi connectivity index (χ0n) is 21.8. The molecule has 7 nitrogen and oxygen atoms in total. The van der Waals surface area contributed by atoms with E-state index in [1.54, 1.807) is 0 Å². The first-order valence-corrected chi connectivity index (χ1v) is 12.2. The Morgan fingerprint density at radius 1 is 1.25 bits per heavy atom. The quantitative estimate of drug-likeness (QED) is 0.203. The van der Waals surface area contributed by atoms with Gasteiger partial charge in [0.05, 0.1) is 24.1 Å². The van der Waals surface area contributed by atoms with Crippen molar-refractivity contribution < 1.29 is 4.74 Å². The van der Waals surface area contributed by atoms with Gasteiger partial charge < -0.3 is 25.3 Å². The molecule has 0 fully saturated rings. The zero-order valence-corrected chi connectivity index (χ0v) is 21.8. The fourth-order valence-corrected chi connectivity index (χ4v) is 4.57. The highest BCUT2D eigenvalue weighted by atomic mass is 16.5. The maximum absolute atomic E-state index is 6.16. The number of nitrogens with zero attached hydrogens (tertiary/aromatic N) is 4. The molecule has 0 saturated carbocycles. The third-order valence-corrected chi connectivity index (χ3v) is 6.28. The smallest absolute Gasteiger partial charge is 0.124 e. The normalized spacial score (nSPS) is 14.8. The van der Waals surface area contributed by atoms with Crippen LogP contribution in [-0.2, 0) is 6.54 Å². The Labute approximate surface area is 213 Å². The van der Waals surface area contributed by atoms with Gasteiger partial charge >= 0.3 is 0 Å². The van der Waals surface area contributed by atoms with E-state index in [0.717, 1.165) is 62.8 Å². The summed E-state index contributed by atoms with van der Waals surface area (Å²) in [5, 5.41) is 0. The summed E-state index contributed by atoms with van der Waals surface area (Å²) in [7, 11) is 3.95. The Morgan fingerprint density at radius 3 is 2.75 bits per heavy atom. The van der Waals surface area contributed by atoms with Gasteiger partial charge in [0, 0.05) is 23.5 Å². The second kappa shape index (κ2) is 10.8. The Kier molecular flexibility index (Phi) is 7.60. The summed E-state index contributed by atoms with van der Waals surface area (Å²) >= 11 is 0. The lowest BCUT2D eigenvalue weighted by Gasteiger charge is -2.27. The molecule has 0 bridgehead atoms. The van der Waals surface area contributed by atoms with Gasteiger partial charge in [-0.05, 0) is 75.3 Å². The van der Waals surface area contributed by atoms with Crippen LogP contribution in [0.2, 0.25) is 0 Å². The van der Waals surface area contributed by atoms with Crippen molar-refractivity contribution in [3.05, 3.63) is 84.0 Å². The van der Waals surface area contributed by atoms with Crippen molar-refractivity contribution in [3.63, 3.8) is 0 Å². The van der Waals surface area contributed by atoms with E-state index in [4.69, 9.17) is 10.5 Å². The molecule has 3 N–H and O–H groups in total. The molecule has 1 aliphatic rings. The number of benzene rings is 2. The summed E-state index contributed by atoms with van der Waals surface area (Å²) in [5.41, 5.74) is 14.4. The number of nitrogens with one attached hydrogen (secondary N) is 1. The van der Waals surface area contributed by atoms with Crippen LogP contribution in [0.3, 0.4) is 0 Å². The molecule has 0 saturated heterocycles. The van der Waals surface area contributed by atoms with E-state index in [1.807, 2.05) is 38.9 Å². The van der Waals surface area contributed by atoms with Gasteiger partial charge in [0.1, 0.15) is 24.0 Å². The number of ether oxygens (including phenoxy) is 1. The van der Waals surface area contributed by atoms with Gasteiger partial charge in [-0.3, -0.25) is 0 Å². The van der Waals surface area contributed by atoms with Crippen molar-refractivity contribution >= 4 is 16.9 Å². The van der Waals surface area contributed by atoms with E-state index in [-0.39, 0.29) is 0 Å². The number of H-pyrrole nitrogens is 1. The average molecular weight is 485 g/mol. The Morgan fingerprint density at radius 2 is 2.00 bits per heavy atom. The van der Waals surface area contributed by atoms with Crippen LogP contribution in [0.1, 0.15) is 24.7 Å². The Hall–Kier alpha value is -3.84. The summed E-state index contributed by atoms with van der Waals surface area (Å²) in [6.07, 6.45) is 2.55. The lowest BCUT2D eigenvalue weighted by Crippen LogP contribution is -2.28. The molecule has 36 heavy (non-hydrogen) atoms. The molecule has 0 radical (unpaired) electrons. The second-order valence-corrected chi connectivity index (χ2v) is 9.49. The summed E-state index contributed by atoms with van der Waals surface area (Å²) in [6, 6.07) is 12.7. The standard InChI is InChI=1S/C29H36N6O/c1-7-8-25(19(2)31-29(30)18-34(5)6)20(3)35-13-14-36-28-12-10-22(15-24(28)17-35)23-9-11-26-27(16-23)33-21(4)32-26/h7,9-12,15-16H,1,3,8,13-14,17-18H2,2,4-6H3,(H2,30,31)(H,32,33)/b25-19-. The van der Waals surface area contributed by atoms with E-state index in [1.165, 1.54) is 0 Å². The first kappa shape index (κ1) is 25.3. The number of rotatable bonds is 8. The van der Waals surface area contributed by atoms with Gasteiger partial charge in [0.15, 0.2) is 0 Å². The summed E-state index contributed by atoms with van der Waals surface area (Å²) < 4.78 is 6.11. The molecule has 7 heteroatoms.